The number of aromatic nitrogens is 4. The van der Waals surface area contributed by atoms with Crippen molar-refractivity contribution in [1.82, 2.24) is 20.2 Å². The number of benzene rings is 1. The highest BCUT2D eigenvalue weighted by Gasteiger charge is 2.12. The van der Waals surface area contributed by atoms with Crippen LogP contribution in [0.25, 0.3) is 10.9 Å². The highest BCUT2D eigenvalue weighted by atomic mass is 35.5. The van der Waals surface area contributed by atoms with Crippen LogP contribution in [0.2, 0.25) is 5.02 Å². The van der Waals surface area contributed by atoms with Gasteiger partial charge >= 0.3 is 0 Å². The first-order valence-corrected chi connectivity index (χ1v) is 9.47. The second-order valence-corrected chi connectivity index (χ2v) is 7.84. The topological polar surface area (TPSA) is 80.7 Å². The van der Waals surface area contributed by atoms with Crippen LogP contribution in [0.15, 0.2) is 64.2 Å². The number of hydrogen-bond donors (Lipinski definition) is 1. The largest absolute Gasteiger partial charge is 0.296 e. The first-order valence-electron chi connectivity index (χ1n) is 7.46. The van der Waals surface area contributed by atoms with Crippen molar-refractivity contribution >= 4 is 56.6 Å². The van der Waals surface area contributed by atoms with E-state index in [1.165, 1.54) is 29.3 Å². The highest BCUT2D eigenvalue weighted by molar-refractivity contribution is 8.01. The number of carbonyl (C=O) groups is 1. The summed E-state index contributed by atoms with van der Waals surface area (Å²) < 4.78 is 0.717. The first-order chi connectivity index (χ1) is 12.7. The number of rotatable bonds is 4. The van der Waals surface area contributed by atoms with E-state index in [9.17, 15) is 4.79 Å². The average Bonchev–Trinajstić information content (AvgIpc) is 3.09. The normalized spacial score (nSPS) is 10.8. The predicted octanol–water partition coefficient (Wildman–Crippen LogP) is 4.54. The lowest BCUT2D eigenvalue weighted by Crippen LogP contribution is -2.11. The molecule has 0 radical (unpaired) electrons. The van der Waals surface area contributed by atoms with Crippen molar-refractivity contribution in [3.05, 3.63) is 65.6 Å². The van der Waals surface area contributed by atoms with Gasteiger partial charge < -0.3 is 0 Å². The van der Waals surface area contributed by atoms with Crippen molar-refractivity contribution in [3.63, 3.8) is 0 Å². The van der Waals surface area contributed by atoms with Crippen LogP contribution in [0.3, 0.4) is 0 Å². The Morgan fingerprint density at radius 3 is 2.92 bits per heavy atom. The molecule has 0 atom stereocenters. The third kappa shape index (κ3) is 3.67. The maximum Gasteiger partial charge on any atom is 0.259 e. The molecule has 0 fully saturated rings. The molecule has 0 saturated carbocycles. The summed E-state index contributed by atoms with van der Waals surface area (Å²) in [7, 11) is 0. The van der Waals surface area contributed by atoms with E-state index >= 15 is 0 Å². The van der Waals surface area contributed by atoms with Crippen LogP contribution >= 0.6 is 34.7 Å². The molecule has 26 heavy (non-hydrogen) atoms. The summed E-state index contributed by atoms with van der Waals surface area (Å²) in [4.78, 5) is 21.4. The van der Waals surface area contributed by atoms with Gasteiger partial charge in [-0.15, -0.1) is 10.2 Å². The maximum atomic E-state index is 12.1. The zero-order valence-corrected chi connectivity index (χ0v) is 15.5. The lowest BCUT2D eigenvalue weighted by Gasteiger charge is -2.03. The van der Waals surface area contributed by atoms with E-state index in [0.717, 1.165) is 15.8 Å². The molecule has 0 unspecified atom stereocenters. The van der Waals surface area contributed by atoms with Gasteiger partial charge in [0.25, 0.3) is 5.91 Å². The molecular formula is C17H10ClN5OS2. The van der Waals surface area contributed by atoms with Crippen LogP contribution in [0.1, 0.15) is 10.4 Å². The number of fused-ring (bicyclic) bond motifs is 1. The summed E-state index contributed by atoms with van der Waals surface area (Å²) in [6.07, 6.45) is 4.84. The molecule has 3 heterocycles. The molecule has 0 saturated heterocycles. The van der Waals surface area contributed by atoms with E-state index in [0.29, 0.717) is 20.1 Å². The Kier molecular flexibility index (Phi) is 4.79. The Balaban J connectivity index is 1.53. The minimum Gasteiger partial charge on any atom is -0.296 e. The van der Waals surface area contributed by atoms with Crippen LogP contribution in [-0.4, -0.2) is 26.1 Å². The summed E-state index contributed by atoms with van der Waals surface area (Å²) >= 11 is 8.79. The Bertz CT molecular complexity index is 1090. The average molecular weight is 400 g/mol. The van der Waals surface area contributed by atoms with Crippen LogP contribution in [0, 0.1) is 0 Å². The molecule has 0 aliphatic heterocycles. The molecule has 3 aromatic heterocycles. The van der Waals surface area contributed by atoms with E-state index in [-0.39, 0.29) is 5.91 Å². The van der Waals surface area contributed by atoms with Crippen molar-refractivity contribution < 1.29 is 4.79 Å². The first kappa shape index (κ1) is 16.9. The Hall–Kier alpha value is -2.55. The Labute approximate surface area is 161 Å². The van der Waals surface area contributed by atoms with Gasteiger partial charge in [-0.2, -0.15) is 0 Å². The van der Waals surface area contributed by atoms with Gasteiger partial charge in [0.2, 0.25) is 5.13 Å². The summed E-state index contributed by atoms with van der Waals surface area (Å²) in [6, 6.07) is 10.9. The van der Waals surface area contributed by atoms with Gasteiger partial charge in [0.15, 0.2) is 4.34 Å². The molecule has 9 heteroatoms. The van der Waals surface area contributed by atoms with Gasteiger partial charge in [-0.1, -0.05) is 40.8 Å². The minimum absolute atomic E-state index is 0.269. The molecule has 0 bridgehead atoms. The highest BCUT2D eigenvalue weighted by Crippen LogP contribution is 2.36. The lowest BCUT2D eigenvalue weighted by atomic mass is 10.2. The second kappa shape index (κ2) is 7.36. The fourth-order valence-corrected chi connectivity index (χ4v) is 4.24. The standard InChI is InChI=1S/C17H10ClN5OS2/c18-11-3-4-12-13(8-11)20-7-5-14(12)25-17-23-22-16(26-17)21-15(24)10-2-1-6-19-9-10/h1-9H,(H,21,22,24). The third-order valence-electron chi connectivity index (χ3n) is 3.41. The summed E-state index contributed by atoms with van der Waals surface area (Å²) in [5.74, 6) is -0.269. The number of nitrogens with zero attached hydrogens (tertiary/aromatic N) is 4. The molecule has 4 rings (SSSR count). The fraction of sp³-hybridized carbons (Fsp3) is 0. The number of halogens is 1. The van der Waals surface area contributed by atoms with E-state index in [2.05, 4.69) is 25.5 Å². The van der Waals surface area contributed by atoms with Gasteiger partial charge in [-0.3, -0.25) is 20.1 Å². The number of amides is 1. The molecule has 0 aliphatic rings. The number of pyridine rings is 2. The van der Waals surface area contributed by atoms with E-state index in [4.69, 9.17) is 11.6 Å². The molecule has 1 aromatic carbocycles. The minimum atomic E-state index is -0.269. The monoisotopic (exact) mass is 399 g/mol. The van der Waals surface area contributed by atoms with Crippen LogP contribution in [-0.2, 0) is 0 Å². The molecule has 6 nitrogen and oxygen atoms in total. The summed E-state index contributed by atoms with van der Waals surface area (Å²) in [5, 5.41) is 13.0. The quantitative estimate of drug-likeness (QED) is 0.507. The fourth-order valence-electron chi connectivity index (χ4n) is 2.25. The van der Waals surface area contributed by atoms with Crippen LogP contribution in [0.5, 0.6) is 0 Å². The molecule has 1 amide bonds. The molecule has 0 spiro atoms. The SMILES string of the molecule is O=C(Nc1nnc(Sc2ccnc3cc(Cl)ccc23)s1)c1cccnc1. The zero-order chi connectivity index (χ0) is 17.9. The van der Waals surface area contributed by atoms with Crippen LogP contribution < -0.4 is 5.32 Å². The molecule has 1 N–H and O–H groups in total. The number of carbonyl (C=O) groups excluding carboxylic acids is 1. The third-order valence-corrected chi connectivity index (χ3v) is 5.61. The maximum absolute atomic E-state index is 12.1. The van der Waals surface area contributed by atoms with E-state index < -0.39 is 0 Å². The van der Waals surface area contributed by atoms with E-state index in [1.807, 2.05) is 24.3 Å². The number of hydrogen-bond acceptors (Lipinski definition) is 7. The van der Waals surface area contributed by atoms with Gasteiger partial charge in [0, 0.05) is 33.9 Å². The summed E-state index contributed by atoms with van der Waals surface area (Å²) in [5.41, 5.74) is 1.28. The number of anilines is 1. The van der Waals surface area contributed by atoms with Crippen LogP contribution in [0.4, 0.5) is 5.13 Å². The summed E-state index contributed by atoms with van der Waals surface area (Å²) in [6.45, 7) is 0. The van der Waals surface area contributed by atoms with Crippen molar-refractivity contribution in [1.29, 1.82) is 0 Å². The molecule has 0 aliphatic carbocycles. The second-order valence-electron chi connectivity index (χ2n) is 5.14. The van der Waals surface area contributed by atoms with E-state index in [1.54, 1.807) is 24.5 Å². The van der Waals surface area contributed by atoms with Crippen molar-refractivity contribution in [2.45, 2.75) is 9.24 Å². The van der Waals surface area contributed by atoms with Gasteiger partial charge in [0.1, 0.15) is 0 Å². The van der Waals surface area contributed by atoms with Crippen molar-refractivity contribution in [2.24, 2.45) is 0 Å². The van der Waals surface area contributed by atoms with Gasteiger partial charge in [-0.05, 0) is 30.3 Å². The smallest absolute Gasteiger partial charge is 0.259 e. The number of nitrogens with one attached hydrogen (secondary N) is 1. The molecule has 4 aromatic rings. The lowest BCUT2D eigenvalue weighted by molar-refractivity contribution is 0.102. The predicted molar refractivity (Wildman–Crippen MR) is 103 cm³/mol. The molecular weight excluding hydrogens is 390 g/mol. The van der Waals surface area contributed by atoms with Gasteiger partial charge in [0.05, 0.1) is 11.1 Å². The van der Waals surface area contributed by atoms with Crippen molar-refractivity contribution in [3.8, 4) is 0 Å². The van der Waals surface area contributed by atoms with Gasteiger partial charge in [-0.25, -0.2) is 0 Å². The van der Waals surface area contributed by atoms with Crippen molar-refractivity contribution in [2.75, 3.05) is 5.32 Å². The molecule has 128 valence electrons. The zero-order valence-electron chi connectivity index (χ0n) is 13.1. The Morgan fingerprint density at radius 1 is 1.15 bits per heavy atom. The Morgan fingerprint density at radius 2 is 2.08 bits per heavy atom.